The summed E-state index contributed by atoms with van der Waals surface area (Å²) in [6, 6.07) is 0. The summed E-state index contributed by atoms with van der Waals surface area (Å²) in [5, 5.41) is -0.538. The van der Waals surface area contributed by atoms with E-state index in [1.807, 2.05) is 0 Å². The summed E-state index contributed by atoms with van der Waals surface area (Å²) in [6.07, 6.45) is 6.26. The van der Waals surface area contributed by atoms with E-state index in [0.29, 0.717) is 25.4 Å². The minimum Gasteiger partial charge on any atom is -0.444 e. The molecule has 8 nitrogen and oxygen atoms in total. The number of carbonyl (C=O) groups is 2. The van der Waals surface area contributed by atoms with Crippen molar-refractivity contribution in [2.75, 3.05) is 39.3 Å². The maximum atomic E-state index is 12.8. The van der Waals surface area contributed by atoms with Gasteiger partial charge in [-0.2, -0.15) is 4.31 Å². The van der Waals surface area contributed by atoms with Crippen molar-refractivity contribution in [3.05, 3.63) is 12.2 Å². The van der Waals surface area contributed by atoms with E-state index >= 15 is 0 Å². The molecule has 2 amide bonds. The number of carbonyl (C=O) groups excluding carboxylic acids is 2. The minimum atomic E-state index is -3.46. The number of hydrogen-bond acceptors (Lipinski definition) is 5. The predicted molar refractivity (Wildman–Crippen MR) is 105 cm³/mol. The standard InChI is InChI=1S/C19H31N3O5S/c1-19(2,3)27-18(24)20-8-10-22(11-9-20)28(25,26)16-13-21(14-16)17(23)12-15-6-4-5-7-15/h4,6,15-16H,5,7-14H2,1-3H3/t15-/m0/s1. The molecule has 0 saturated carbocycles. The lowest BCUT2D eigenvalue weighted by Gasteiger charge is -2.43. The van der Waals surface area contributed by atoms with Crippen LogP contribution in [0.2, 0.25) is 0 Å². The van der Waals surface area contributed by atoms with Gasteiger partial charge in [0.2, 0.25) is 15.9 Å². The van der Waals surface area contributed by atoms with Gasteiger partial charge in [-0.3, -0.25) is 4.79 Å². The molecule has 0 radical (unpaired) electrons. The van der Waals surface area contributed by atoms with Crippen LogP contribution in [0.4, 0.5) is 4.79 Å². The molecule has 158 valence electrons. The molecule has 28 heavy (non-hydrogen) atoms. The van der Waals surface area contributed by atoms with E-state index in [1.54, 1.807) is 30.6 Å². The summed E-state index contributed by atoms with van der Waals surface area (Å²) in [4.78, 5) is 27.6. The number of likely N-dealkylation sites (tertiary alicyclic amines) is 1. The lowest BCUT2D eigenvalue weighted by Crippen LogP contribution is -2.62. The smallest absolute Gasteiger partial charge is 0.410 e. The number of allylic oxidation sites excluding steroid dienone is 2. The van der Waals surface area contributed by atoms with Crippen LogP contribution in [0.3, 0.4) is 0 Å². The Bertz CT molecular complexity index is 729. The van der Waals surface area contributed by atoms with Crippen molar-refractivity contribution < 1.29 is 22.7 Å². The molecule has 2 aliphatic heterocycles. The Morgan fingerprint density at radius 1 is 1.07 bits per heavy atom. The van der Waals surface area contributed by atoms with E-state index in [2.05, 4.69) is 12.2 Å². The molecule has 2 heterocycles. The minimum absolute atomic E-state index is 0.0396. The van der Waals surface area contributed by atoms with Gasteiger partial charge in [-0.05, 0) is 39.5 Å². The number of amides is 2. The van der Waals surface area contributed by atoms with Gasteiger partial charge < -0.3 is 14.5 Å². The van der Waals surface area contributed by atoms with Crippen LogP contribution in [0.15, 0.2) is 12.2 Å². The lowest BCUT2D eigenvalue weighted by atomic mass is 10.0. The highest BCUT2D eigenvalue weighted by Gasteiger charge is 2.44. The van der Waals surface area contributed by atoms with Crippen molar-refractivity contribution in [3.63, 3.8) is 0 Å². The Kier molecular flexibility index (Phi) is 6.05. The summed E-state index contributed by atoms with van der Waals surface area (Å²) in [5.74, 6) is 0.335. The molecule has 2 fully saturated rings. The third-order valence-corrected chi connectivity index (χ3v) is 7.65. The highest BCUT2D eigenvalue weighted by atomic mass is 32.2. The van der Waals surface area contributed by atoms with E-state index in [0.717, 1.165) is 12.8 Å². The van der Waals surface area contributed by atoms with Crippen LogP contribution in [-0.2, 0) is 19.6 Å². The van der Waals surface area contributed by atoms with Gasteiger partial charge in [0.25, 0.3) is 0 Å². The van der Waals surface area contributed by atoms with Crippen LogP contribution in [-0.4, -0.2) is 84.6 Å². The Morgan fingerprint density at radius 2 is 1.71 bits per heavy atom. The normalized spacial score (nSPS) is 24.3. The molecule has 0 aromatic rings. The second-order valence-electron chi connectivity index (χ2n) is 8.80. The van der Waals surface area contributed by atoms with Crippen molar-refractivity contribution in [2.24, 2.45) is 5.92 Å². The third-order valence-electron chi connectivity index (χ3n) is 5.42. The summed E-state index contributed by atoms with van der Waals surface area (Å²) in [6.45, 7) is 7.11. The average molecular weight is 414 g/mol. The molecular weight excluding hydrogens is 382 g/mol. The largest absolute Gasteiger partial charge is 0.444 e. The summed E-state index contributed by atoms with van der Waals surface area (Å²) < 4.78 is 32.4. The quantitative estimate of drug-likeness (QED) is 0.651. The first kappa shape index (κ1) is 21.1. The molecule has 0 aromatic carbocycles. The number of nitrogens with zero attached hydrogens (tertiary/aromatic N) is 3. The van der Waals surface area contributed by atoms with Crippen molar-refractivity contribution in [2.45, 2.75) is 50.9 Å². The summed E-state index contributed by atoms with van der Waals surface area (Å²) >= 11 is 0. The van der Waals surface area contributed by atoms with Gasteiger partial charge in [0.1, 0.15) is 10.9 Å². The van der Waals surface area contributed by atoms with E-state index in [1.165, 1.54) is 4.31 Å². The highest BCUT2D eigenvalue weighted by Crippen LogP contribution is 2.26. The van der Waals surface area contributed by atoms with Crippen LogP contribution in [0, 0.1) is 5.92 Å². The molecule has 0 bridgehead atoms. The van der Waals surface area contributed by atoms with Crippen LogP contribution in [0.25, 0.3) is 0 Å². The summed E-state index contributed by atoms with van der Waals surface area (Å²) in [7, 11) is -3.46. The predicted octanol–water partition coefficient (Wildman–Crippen LogP) is 1.44. The third kappa shape index (κ3) is 4.86. The lowest BCUT2D eigenvalue weighted by molar-refractivity contribution is -0.135. The Hall–Kier alpha value is -1.61. The number of ether oxygens (including phenoxy) is 1. The topological polar surface area (TPSA) is 87.2 Å². The molecule has 0 spiro atoms. The second-order valence-corrected chi connectivity index (χ2v) is 11.0. The first-order chi connectivity index (χ1) is 13.1. The van der Waals surface area contributed by atoms with Gasteiger partial charge in [0.15, 0.2) is 0 Å². The molecule has 1 aliphatic carbocycles. The van der Waals surface area contributed by atoms with Gasteiger partial charge in [-0.25, -0.2) is 13.2 Å². The Balaban J connectivity index is 1.45. The first-order valence-corrected chi connectivity index (χ1v) is 11.5. The van der Waals surface area contributed by atoms with E-state index in [9.17, 15) is 18.0 Å². The molecular formula is C19H31N3O5S. The maximum absolute atomic E-state index is 12.8. The SMILES string of the molecule is CC(C)(C)OC(=O)N1CCN(S(=O)(=O)C2CN(C(=O)C[C@H]3C=CCC3)C2)CC1. The van der Waals surface area contributed by atoms with Crippen molar-refractivity contribution in [3.8, 4) is 0 Å². The van der Waals surface area contributed by atoms with E-state index in [4.69, 9.17) is 4.74 Å². The number of rotatable bonds is 4. The Labute approximate surface area is 167 Å². The fraction of sp³-hybridized carbons (Fsp3) is 0.789. The zero-order valence-electron chi connectivity index (χ0n) is 17.0. The number of hydrogen-bond donors (Lipinski definition) is 0. The molecule has 0 aromatic heterocycles. The molecule has 0 unspecified atom stereocenters. The van der Waals surface area contributed by atoms with E-state index < -0.39 is 27.0 Å². The van der Waals surface area contributed by atoms with E-state index in [-0.39, 0.29) is 32.1 Å². The van der Waals surface area contributed by atoms with Crippen molar-refractivity contribution in [1.82, 2.24) is 14.1 Å². The molecule has 0 N–H and O–H groups in total. The van der Waals surface area contributed by atoms with Crippen molar-refractivity contribution >= 4 is 22.0 Å². The molecule has 2 saturated heterocycles. The average Bonchev–Trinajstić information content (AvgIpc) is 3.04. The first-order valence-electron chi connectivity index (χ1n) is 9.97. The zero-order chi connectivity index (χ0) is 20.5. The van der Waals surface area contributed by atoms with Gasteiger partial charge in [-0.15, -0.1) is 0 Å². The van der Waals surface area contributed by atoms with Crippen LogP contribution >= 0.6 is 0 Å². The number of piperazine rings is 1. The monoisotopic (exact) mass is 413 g/mol. The fourth-order valence-electron chi connectivity index (χ4n) is 3.71. The molecule has 1 atom stereocenters. The zero-order valence-corrected chi connectivity index (χ0v) is 17.8. The molecule has 3 rings (SSSR count). The molecule has 3 aliphatic rings. The Morgan fingerprint density at radius 3 is 2.25 bits per heavy atom. The van der Waals surface area contributed by atoms with Crippen LogP contribution < -0.4 is 0 Å². The van der Waals surface area contributed by atoms with Gasteiger partial charge in [0, 0.05) is 45.7 Å². The highest BCUT2D eigenvalue weighted by molar-refractivity contribution is 7.89. The fourth-order valence-corrected chi connectivity index (χ4v) is 5.54. The van der Waals surface area contributed by atoms with Gasteiger partial charge >= 0.3 is 6.09 Å². The van der Waals surface area contributed by atoms with Gasteiger partial charge in [0.05, 0.1) is 0 Å². The maximum Gasteiger partial charge on any atom is 0.410 e. The second kappa shape index (κ2) is 8.02. The molecule has 9 heteroatoms. The van der Waals surface area contributed by atoms with Gasteiger partial charge in [-0.1, -0.05) is 12.2 Å². The van der Waals surface area contributed by atoms with Crippen LogP contribution in [0.5, 0.6) is 0 Å². The number of sulfonamides is 1. The van der Waals surface area contributed by atoms with Crippen molar-refractivity contribution in [1.29, 1.82) is 0 Å². The van der Waals surface area contributed by atoms with Crippen LogP contribution in [0.1, 0.15) is 40.0 Å². The summed E-state index contributed by atoms with van der Waals surface area (Å²) in [5.41, 5.74) is -0.573.